The number of hydrogen-bond acceptors (Lipinski definition) is 5. The third-order valence-corrected chi connectivity index (χ3v) is 3.11. The van der Waals surface area contributed by atoms with E-state index < -0.39 is 0 Å². The quantitative estimate of drug-likeness (QED) is 0.748. The molecule has 0 bridgehead atoms. The number of halogens is 1. The Morgan fingerprint density at radius 3 is 2.50 bits per heavy atom. The molecule has 3 aromatic rings. The molecule has 0 atom stereocenters. The highest BCUT2D eigenvalue weighted by Gasteiger charge is 2.06. The zero-order valence-corrected chi connectivity index (χ0v) is 12.6. The minimum absolute atomic E-state index is 0. The number of aromatic nitrogens is 2. The number of nitrogens with zero attached hydrogens (tertiary/aromatic N) is 2. The van der Waals surface area contributed by atoms with Crippen LogP contribution in [0.5, 0.6) is 0 Å². The van der Waals surface area contributed by atoms with Gasteiger partial charge in [-0.3, -0.25) is 0 Å². The molecule has 1 heterocycles. The first-order valence-corrected chi connectivity index (χ1v) is 6.43. The summed E-state index contributed by atoms with van der Waals surface area (Å²) in [5, 5.41) is 4.17. The van der Waals surface area contributed by atoms with Crippen LogP contribution in [0.25, 0.3) is 10.9 Å². The lowest BCUT2D eigenvalue weighted by molar-refractivity contribution is 0.0601. The van der Waals surface area contributed by atoms with E-state index in [1.807, 2.05) is 36.4 Å². The first-order chi connectivity index (χ1) is 10.3. The van der Waals surface area contributed by atoms with Crippen LogP contribution in [-0.4, -0.2) is 23.0 Å². The molecule has 0 aliphatic rings. The van der Waals surface area contributed by atoms with Crippen molar-refractivity contribution in [1.82, 2.24) is 9.97 Å². The Hall–Kier alpha value is -2.66. The Labute approximate surface area is 133 Å². The van der Waals surface area contributed by atoms with Gasteiger partial charge in [0.1, 0.15) is 12.1 Å². The van der Waals surface area contributed by atoms with Crippen LogP contribution in [0.15, 0.2) is 54.9 Å². The van der Waals surface area contributed by atoms with Crippen LogP contribution >= 0.6 is 12.4 Å². The smallest absolute Gasteiger partial charge is 0.337 e. The third kappa shape index (κ3) is 3.15. The van der Waals surface area contributed by atoms with Gasteiger partial charge in [-0.2, -0.15) is 0 Å². The second-order valence-corrected chi connectivity index (χ2v) is 4.43. The van der Waals surface area contributed by atoms with Crippen LogP contribution < -0.4 is 5.32 Å². The maximum Gasteiger partial charge on any atom is 0.337 e. The number of carbonyl (C=O) groups excluding carboxylic acids is 1. The number of carbonyl (C=O) groups is 1. The van der Waals surface area contributed by atoms with Gasteiger partial charge in [0.2, 0.25) is 0 Å². The highest BCUT2D eigenvalue weighted by atomic mass is 35.5. The van der Waals surface area contributed by atoms with Crippen molar-refractivity contribution in [3.63, 3.8) is 0 Å². The molecule has 112 valence electrons. The number of anilines is 2. The van der Waals surface area contributed by atoms with Crippen molar-refractivity contribution in [3.05, 3.63) is 60.4 Å². The molecular formula is C16H14ClN3O2. The van der Waals surface area contributed by atoms with Crippen LogP contribution in [0.2, 0.25) is 0 Å². The number of esters is 1. The molecule has 0 aliphatic carbocycles. The first kappa shape index (κ1) is 15.7. The minimum atomic E-state index is -0.353. The molecule has 1 N–H and O–H groups in total. The molecule has 0 saturated carbocycles. The van der Waals surface area contributed by atoms with Gasteiger partial charge in [-0.25, -0.2) is 14.8 Å². The fourth-order valence-electron chi connectivity index (χ4n) is 2.05. The van der Waals surface area contributed by atoms with Gasteiger partial charge in [-0.05, 0) is 36.4 Å². The van der Waals surface area contributed by atoms with Crippen LogP contribution in [0.3, 0.4) is 0 Å². The van der Waals surface area contributed by atoms with Crippen molar-refractivity contribution in [2.45, 2.75) is 0 Å². The summed E-state index contributed by atoms with van der Waals surface area (Å²) in [5.41, 5.74) is 2.23. The average Bonchev–Trinajstić information content (AvgIpc) is 2.55. The number of benzene rings is 2. The molecule has 0 amide bonds. The normalized spacial score (nSPS) is 9.86. The summed E-state index contributed by atoms with van der Waals surface area (Å²) in [7, 11) is 1.36. The molecule has 0 saturated heterocycles. The zero-order valence-electron chi connectivity index (χ0n) is 11.8. The molecular weight excluding hydrogens is 302 g/mol. The van der Waals surface area contributed by atoms with Gasteiger partial charge in [0.05, 0.1) is 18.2 Å². The third-order valence-electron chi connectivity index (χ3n) is 3.11. The van der Waals surface area contributed by atoms with E-state index in [2.05, 4.69) is 20.0 Å². The number of hydrogen-bond donors (Lipinski definition) is 1. The number of para-hydroxylation sites is 1. The van der Waals surface area contributed by atoms with Crippen molar-refractivity contribution in [3.8, 4) is 0 Å². The number of nitrogens with one attached hydrogen (secondary N) is 1. The summed E-state index contributed by atoms with van der Waals surface area (Å²) < 4.78 is 4.67. The molecule has 0 radical (unpaired) electrons. The molecule has 0 spiro atoms. The number of rotatable bonds is 3. The highest BCUT2D eigenvalue weighted by Crippen LogP contribution is 2.22. The van der Waals surface area contributed by atoms with Gasteiger partial charge < -0.3 is 10.1 Å². The molecule has 2 aromatic carbocycles. The Kier molecular flexibility index (Phi) is 4.91. The van der Waals surface area contributed by atoms with Crippen molar-refractivity contribution >= 4 is 40.8 Å². The van der Waals surface area contributed by atoms with Gasteiger partial charge in [0.25, 0.3) is 0 Å². The van der Waals surface area contributed by atoms with E-state index in [0.29, 0.717) is 5.56 Å². The largest absolute Gasteiger partial charge is 0.465 e. The molecule has 3 rings (SSSR count). The lowest BCUT2D eigenvalue weighted by Gasteiger charge is -2.08. The van der Waals surface area contributed by atoms with Gasteiger partial charge in [-0.15, -0.1) is 12.4 Å². The molecule has 0 aliphatic heterocycles. The van der Waals surface area contributed by atoms with E-state index in [1.54, 1.807) is 12.1 Å². The van der Waals surface area contributed by atoms with Gasteiger partial charge >= 0.3 is 5.97 Å². The summed E-state index contributed by atoms with van der Waals surface area (Å²) in [6.07, 6.45) is 1.52. The van der Waals surface area contributed by atoms with E-state index in [0.717, 1.165) is 22.4 Å². The Morgan fingerprint density at radius 2 is 1.77 bits per heavy atom. The Morgan fingerprint density at radius 1 is 1.05 bits per heavy atom. The van der Waals surface area contributed by atoms with E-state index >= 15 is 0 Å². The molecule has 0 unspecified atom stereocenters. The molecule has 1 aromatic heterocycles. The van der Waals surface area contributed by atoms with Crippen molar-refractivity contribution in [2.24, 2.45) is 0 Å². The molecule has 0 fully saturated rings. The lowest BCUT2D eigenvalue weighted by atomic mass is 10.2. The van der Waals surface area contributed by atoms with Crippen molar-refractivity contribution in [1.29, 1.82) is 0 Å². The van der Waals surface area contributed by atoms with Crippen LogP contribution in [0.1, 0.15) is 10.4 Å². The maximum atomic E-state index is 11.4. The van der Waals surface area contributed by atoms with Crippen molar-refractivity contribution in [2.75, 3.05) is 12.4 Å². The molecule has 22 heavy (non-hydrogen) atoms. The van der Waals surface area contributed by atoms with Gasteiger partial charge in [0, 0.05) is 11.1 Å². The van der Waals surface area contributed by atoms with E-state index in [4.69, 9.17) is 0 Å². The predicted molar refractivity (Wildman–Crippen MR) is 87.9 cm³/mol. The van der Waals surface area contributed by atoms with Crippen LogP contribution in [-0.2, 0) is 4.74 Å². The summed E-state index contributed by atoms with van der Waals surface area (Å²) in [4.78, 5) is 19.9. The van der Waals surface area contributed by atoms with Gasteiger partial charge in [-0.1, -0.05) is 12.1 Å². The standard InChI is InChI=1S/C16H13N3O2.ClH/c1-21-16(20)11-6-8-12(9-7-11)19-15-13-4-2-3-5-14(13)17-10-18-15;/h2-10H,1H3,(H,17,18,19);1H. The van der Waals surface area contributed by atoms with E-state index in [-0.39, 0.29) is 18.4 Å². The topological polar surface area (TPSA) is 64.1 Å². The van der Waals surface area contributed by atoms with Crippen molar-refractivity contribution < 1.29 is 9.53 Å². The minimum Gasteiger partial charge on any atom is -0.465 e. The SMILES string of the molecule is COC(=O)c1ccc(Nc2ncnc3ccccc23)cc1.Cl. The van der Waals surface area contributed by atoms with Crippen LogP contribution in [0.4, 0.5) is 11.5 Å². The fraction of sp³-hybridized carbons (Fsp3) is 0.0625. The number of methoxy groups -OCH3 is 1. The monoisotopic (exact) mass is 315 g/mol. The second kappa shape index (κ2) is 6.87. The maximum absolute atomic E-state index is 11.4. The summed E-state index contributed by atoms with van der Waals surface area (Å²) in [6, 6.07) is 14.8. The Bertz CT molecular complexity index is 786. The Balaban J connectivity index is 0.00000176. The summed E-state index contributed by atoms with van der Waals surface area (Å²) in [6.45, 7) is 0. The number of ether oxygens (including phenoxy) is 1. The van der Waals surface area contributed by atoms with Crippen LogP contribution in [0, 0.1) is 0 Å². The molecule has 5 nitrogen and oxygen atoms in total. The second-order valence-electron chi connectivity index (χ2n) is 4.43. The average molecular weight is 316 g/mol. The lowest BCUT2D eigenvalue weighted by Crippen LogP contribution is -2.01. The fourth-order valence-corrected chi connectivity index (χ4v) is 2.05. The number of fused-ring (bicyclic) bond motifs is 1. The molecule has 6 heteroatoms. The zero-order chi connectivity index (χ0) is 14.7. The summed E-state index contributed by atoms with van der Waals surface area (Å²) >= 11 is 0. The van der Waals surface area contributed by atoms with Gasteiger partial charge in [0.15, 0.2) is 0 Å². The predicted octanol–water partition coefficient (Wildman–Crippen LogP) is 3.58. The van der Waals surface area contributed by atoms with E-state index in [9.17, 15) is 4.79 Å². The summed E-state index contributed by atoms with van der Waals surface area (Å²) in [5.74, 6) is 0.375. The highest BCUT2D eigenvalue weighted by molar-refractivity contribution is 5.92. The van der Waals surface area contributed by atoms with E-state index in [1.165, 1.54) is 13.4 Å². The first-order valence-electron chi connectivity index (χ1n) is 6.43.